The zero-order valence-electron chi connectivity index (χ0n) is 9.04. The van der Waals surface area contributed by atoms with E-state index in [2.05, 4.69) is 20.8 Å². The summed E-state index contributed by atoms with van der Waals surface area (Å²) in [4.78, 5) is 22.1. The van der Waals surface area contributed by atoms with Crippen molar-refractivity contribution in [2.75, 3.05) is 0 Å². The molecule has 0 radical (unpaired) electrons. The van der Waals surface area contributed by atoms with Crippen molar-refractivity contribution in [3.63, 3.8) is 0 Å². The van der Waals surface area contributed by atoms with Gasteiger partial charge in [0.1, 0.15) is 11.7 Å². The van der Waals surface area contributed by atoms with E-state index in [-0.39, 0.29) is 11.2 Å². The SMILES string of the molecule is CC(C)(C)[C@H]1CCC(=O)[C@H](C(=O)O)C1. The Kier molecular flexibility index (Phi) is 2.98. The van der Waals surface area contributed by atoms with Gasteiger partial charge in [0.25, 0.3) is 0 Å². The molecule has 0 aromatic heterocycles. The van der Waals surface area contributed by atoms with Gasteiger partial charge in [0.2, 0.25) is 0 Å². The van der Waals surface area contributed by atoms with E-state index in [0.29, 0.717) is 18.8 Å². The van der Waals surface area contributed by atoms with E-state index in [1.165, 1.54) is 0 Å². The fourth-order valence-corrected chi connectivity index (χ4v) is 2.05. The van der Waals surface area contributed by atoms with Crippen LogP contribution in [0.3, 0.4) is 0 Å². The average molecular weight is 198 g/mol. The van der Waals surface area contributed by atoms with Gasteiger partial charge in [0, 0.05) is 6.42 Å². The highest BCUT2D eigenvalue weighted by Crippen LogP contribution is 2.38. The van der Waals surface area contributed by atoms with Crippen LogP contribution in [0, 0.1) is 17.3 Å². The van der Waals surface area contributed by atoms with Crippen LogP contribution in [0.1, 0.15) is 40.0 Å². The second-order valence-electron chi connectivity index (χ2n) is 5.19. The molecule has 0 aromatic carbocycles. The Morgan fingerprint density at radius 1 is 1.43 bits per heavy atom. The number of carboxylic acid groups (broad SMARTS) is 1. The summed E-state index contributed by atoms with van der Waals surface area (Å²) in [6.45, 7) is 6.31. The van der Waals surface area contributed by atoms with E-state index in [9.17, 15) is 9.59 Å². The zero-order valence-corrected chi connectivity index (χ0v) is 9.04. The maximum absolute atomic E-state index is 11.3. The smallest absolute Gasteiger partial charge is 0.314 e. The summed E-state index contributed by atoms with van der Waals surface area (Å²) in [5.41, 5.74) is 0.106. The minimum Gasteiger partial charge on any atom is -0.481 e. The Morgan fingerprint density at radius 3 is 2.43 bits per heavy atom. The second kappa shape index (κ2) is 3.71. The molecule has 1 N–H and O–H groups in total. The van der Waals surface area contributed by atoms with Gasteiger partial charge in [-0.25, -0.2) is 0 Å². The molecule has 0 unspecified atom stereocenters. The Bertz CT molecular complexity index is 250. The number of carbonyl (C=O) groups excluding carboxylic acids is 1. The molecule has 0 aromatic rings. The molecule has 0 saturated heterocycles. The lowest BCUT2D eigenvalue weighted by Gasteiger charge is -2.35. The van der Waals surface area contributed by atoms with Crippen molar-refractivity contribution in [2.24, 2.45) is 17.3 Å². The number of hydrogen-bond acceptors (Lipinski definition) is 2. The Labute approximate surface area is 84.5 Å². The van der Waals surface area contributed by atoms with Gasteiger partial charge in [-0.15, -0.1) is 0 Å². The van der Waals surface area contributed by atoms with Crippen molar-refractivity contribution in [2.45, 2.75) is 40.0 Å². The van der Waals surface area contributed by atoms with Crippen LogP contribution in [0.5, 0.6) is 0 Å². The van der Waals surface area contributed by atoms with Crippen molar-refractivity contribution in [3.8, 4) is 0 Å². The summed E-state index contributed by atoms with van der Waals surface area (Å²) < 4.78 is 0. The fraction of sp³-hybridized carbons (Fsp3) is 0.818. The lowest BCUT2D eigenvalue weighted by atomic mass is 9.69. The normalized spacial score (nSPS) is 28.9. The molecule has 2 atom stereocenters. The van der Waals surface area contributed by atoms with Crippen LogP contribution in [0.4, 0.5) is 0 Å². The van der Waals surface area contributed by atoms with Gasteiger partial charge in [-0.05, 0) is 24.2 Å². The highest BCUT2D eigenvalue weighted by molar-refractivity contribution is 5.98. The van der Waals surface area contributed by atoms with Crippen LogP contribution in [0.25, 0.3) is 0 Å². The molecular formula is C11H18O3. The van der Waals surface area contributed by atoms with Crippen LogP contribution >= 0.6 is 0 Å². The third-order valence-corrected chi connectivity index (χ3v) is 3.17. The molecule has 3 nitrogen and oxygen atoms in total. The van der Waals surface area contributed by atoms with Gasteiger partial charge in [0.15, 0.2) is 0 Å². The zero-order chi connectivity index (χ0) is 10.9. The maximum atomic E-state index is 11.3. The molecule has 0 spiro atoms. The summed E-state index contributed by atoms with van der Waals surface area (Å²) in [6, 6.07) is 0. The third-order valence-electron chi connectivity index (χ3n) is 3.17. The number of ketones is 1. The first-order valence-electron chi connectivity index (χ1n) is 5.08. The maximum Gasteiger partial charge on any atom is 0.314 e. The van der Waals surface area contributed by atoms with E-state index in [1.54, 1.807) is 0 Å². The van der Waals surface area contributed by atoms with Crippen LogP contribution in [-0.2, 0) is 9.59 Å². The molecular weight excluding hydrogens is 180 g/mol. The molecule has 80 valence electrons. The van der Waals surface area contributed by atoms with Gasteiger partial charge in [-0.1, -0.05) is 20.8 Å². The molecule has 1 fully saturated rings. The summed E-state index contributed by atoms with van der Waals surface area (Å²) in [5.74, 6) is -1.46. The molecule has 1 saturated carbocycles. The van der Waals surface area contributed by atoms with Crippen molar-refractivity contribution in [1.82, 2.24) is 0 Å². The molecule has 1 rings (SSSR count). The lowest BCUT2D eigenvalue weighted by molar-refractivity contribution is -0.149. The van der Waals surface area contributed by atoms with Gasteiger partial charge >= 0.3 is 5.97 Å². The first-order valence-corrected chi connectivity index (χ1v) is 5.08. The standard InChI is InChI=1S/C11H18O3/c1-11(2,3)7-4-5-9(12)8(6-7)10(13)14/h7-8H,4-6H2,1-3H3,(H,13,14)/t7-,8+/m0/s1. The summed E-state index contributed by atoms with van der Waals surface area (Å²) in [6.07, 6.45) is 1.78. The quantitative estimate of drug-likeness (QED) is 0.656. The topological polar surface area (TPSA) is 54.4 Å². The van der Waals surface area contributed by atoms with Crippen molar-refractivity contribution < 1.29 is 14.7 Å². The molecule has 14 heavy (non-hydrogen) atoms. The number of carboxylic acids is 1. The Hall–Kier alpha value is -0.860. The highest BCUT2D eigenvalue weighted by atomic mass is 16.4. The van der Waals surface area contributed by atoms with Crippen molar-refractivity contribution in [1.29, 1.82) is 0 Å². The first-order chi connectivity index (χ1) is 6.32. The third kappa shape index (κ3) is 2.34. The van der Waals surface area contributed by atoms with Crippen LogP contribution in [-0.4, -0.2) is 16.9 Å². The number of Topliss-reactive ketones (excluding diaryl/α,β-unsaturated/α-hetero) is 1. The van der Waals surface area contributed by atoms with Crippen LogP contribution < -0.4 is 0 Å². The van der Waals surface area contributed by atoms with Gasteiger partial charge in [-0.3, -0.25) is 9.59 Å². The van der Waals surface area contributed by atoms with E-state index in [0.717, 1.165) is 6.42 Å². The summed E-state index contributed by atoms with van der Waals surface area (Å²) >= 11 is 0. The molecule has 0 amide bonds. The number of rotatable bonds is 1. The van der Waals surface area contributed by atoms with Gasteiger partial charge < -0.3 is 5.11 Å². The molecule has 1 aliphatic rings. The second-order valence-corrected chi connectivity index (χ2v) is 5.19. The van der Waals surface area contributed by atoms with E-state index >= 15 is 0 Å². The molecule has 3 heteroatoms. The van der Waals surface area contributed by atoms with Crippen LogP contribution in [0.2, 0.25) is 0 Å². The Balaban J connectivity index is 2.72. The largest absolute Gasteiger partial charge is 0.481 e. The monoisotopic (exact) mass is 198 g/mol. The lowest BCUT2D eigenvalue weighted by Crippen LogP contribution is -2.35. The Morgan fingerprint density at radius 2 is 2.00 bits per heavy atom. The predicted molar refractivity (Wildman–Crippen MR) is 52.9 cm³/mol. The van der Waals surface area contributed by atoms with E-state index < -0.39 is 11.9 Å². The average Bonchev–Trinajstić information content (AvgIpc) is 2.02. The molecule has 0 heterocycles. The minimum atomic E-state index is -0.955. The number of hydrogen-bond donors (Lipinski definition) is 1. The minimum absolute atomic E-state index is 0.0991. The molecule has 0 aliphatic heterocycles. The van der Waals surface area contributed by atoms with Crippen molar-refractivity contribution in [3.05, 3.63) is 0 Å². The van der Waals surface area contributed by atoms with E-state index in [1.807, 2.05) is 0 Å². The van der Waals surface area contributed by atoms with E-state index in [4.69, 9.17) is 5.11 Å². The van der Waals surface area contributed by atoms with Crippen molar-refractivity contribution >= 4 is 11.8 Å². The summed E-state index contributed by atoms with van der Waals surface area (Å²) in [5, 5.41) is 8.87. The number of aliphatic carboxylic acids is 1. The molecule has 1 aliphatic carbocycles. The summed E-state index contributed by atoms with van der Waals surface area (Å²) in [7, 11) is 0. The molecule has 0 bridgehead atoms. The van der Waals surface area contributed by atoms with Gasteiger partial charge in [0.05, 0.1) is 0 Å². The van der Waals surface area contributed by atoms with Crippen LogP contribution in [0.15, 0.2) is 0 Å². The first kappa shape index (κ1) is 11.2. The predicted octanol–water partition coefficient (Wildman–Crippen LogP) is 2.10. The highest BCUT2D eigenvalue weighted by Gasteiger charge is 2.38. The van der Waals surface area contributed by atoms with Gasteiger partial charge in [-0.2, -0.15) is 0 Å². The number of carbonyl (C=O) groups is 2. The fourth-order valence-electron chi connectivity index (χ4n) is 2.05.